The number of hydrogen-bond donors (Lipinski definition) is 1. The number of nitrogens with two attached hydrogens (primary N) is 1. The number of nitrogen functional groups attached to an aromatic ring is 1. The fraction of sp³-hybridized carbons (Fsp3) is 0. The van der Waals surface area contributed by atoms with Crippen molar-refractivity contribution < 1.29 is 4.52 Å². The van der Waals surface area contributed by atoms with Crippen LogP contribution in [-0.4, -0.2) is 5.16 Å². The van der Waals surface area contributed by atoms with E-state index in [9.17, 15) is 0 Å². The zero-order chi connectivity index (χ0) is 9.97. The van der Waals surface area contributed by atoms with Crippen LogP contribution < -0.4 is 5.73 Å². The van der Waals surface area contributed by atoms with Crippen LogP contribution in [0.25, 0.3) is 11.3 Å². The molecule has 0 saturated carbocycles. The summed E-state index contributed by atoms with van der Waals surface area (Å²) in [5.74, 6) is 0.905. The minimum absolute atomic E-state index is 0.336. The average molecular weight is 185 g/mol. The summed E-state index contributed by atoms with van der Waals surface area (Å²) >= 11 is 0. The lowest BCUT2D eigenvalue weighted by molar-refractivity contribution is 0.436. The van der Waals surface area contributed by atoms with Crippen molar-refractivity contribution >= 4 is 5.82 Å². The van der Waals surface area contributed by atoms with E-state index in [0.717, 1.165) is 5.56 Å². The Kier molecular flexibility index (Phi) is 1.92. The van der Waals surface area contributed by atoms with E-state index in [1.807, 2.05) is 6.07 Å². The summed E-state index contributed by atoms with van der Waals surface area (Å²) in [6.45, 7) is 0. The highest BCUT2D eigenvalue weighted by Crippen LogP contribution is 2.21. The second-order valence-electron chi connectivity index (χ2n) is 2.81. The van der Waals surface area contributed by atoms with Crippen LogP contribution in [0.4, 0.5) is 5.82 Å². The second kappa shape index (κ2) is 3.23. The summed E-state index contributed by atoms with van der Waals surface area (Å²) in [4.78, 5) is 0. The zero-order valence-corrected chi connectivity index (χ0v) is 7.27. The van der Waals surface area contributed by atoms with Crippen LogP contribution in [0, 0.1) is 11.3 Å². The van der Waals surface area contributed by atoms with Crippen LogP contribution in [0.1, 0.15) is 5.56 Å². The molecule has 2 rings (SSSR count). The lowest BCUT2D eigenvalue weighted by Crippen LogP contribution is -1.80. The van der Waals surface area contributed by atoms with Crippen LogP contribution in [-0.2, 0) is 0 Å². The van der Waals surface area contributed by atoms with Gasteiger partial charge in [0.25, 0.3) is 0 Å². The maximum atomic E-state index is 8.69. The maximum Gasteiger partial charge on any atom is 0.169 e. The third-order valence-electron chi connectivity index (χ3n) is 1.80. The summed E-state index contributed by atoms with van der Waals surface area (Å²) in [6.07, 6.45) is 0. The molecule has 0 aliphatic heterocycles. The first kappa shape index (κ1) is 8.32. The van der Waals surface area contributed by atoms with Gasteiger partial charge in [0.1, 0.15) is 0 Å². The Morgan fingerprint density at radius 3 is 2.86 bits per heavy atom. The van der Waals surface area contributed by atoms with E-state index in [2.05, 4.69) is 11.2 Å². The molecule has 0 aliphatic carbocycles. The van der Waals surface area contributed by atoms with E-state index < -0.39 is 0 Å². The fourth-order valence-electron chi connectivity index (χ4n) is 1.17. The highest BCUT2D eigenvalue weighted by molar-refractivity contribution is 5.61. The zero-order valence-electron chi connectivity index (χ0n) is 7.27. The molecule has 1 aromatic heterocycles. The molecule has 1 heterocycles. The summed E-state index contributed by atoms with van der Waals surface area (Å²) in [5, 5.41) is 12.3. The van der Waals surface area contributed by atoms with Crippen LogP contribution in [0.15, 0.2) is 34.9 Å². The molecule has 0 saturated heterocycles. The van der Waals surface area contributed by atoms with Gasteiger partial charge in [0.2, 0.25) is 0 Å². The van der Waals surface area contributed by atoms with Gasteiger partial charge in [-0.25, -0.2) is 0 Å². The SMILES string of the molecule is N#Cc1cccc(-c2cc(N)no2)c1. The molecule has 0 fully saturated rings. The van der Waals surface area contributed by atoms with Crippen molar-refractivity contribution in [2.45, 2.75) is 0 Å². The van der Waals surface area contributed by atoms with E-state index in [1.54, 1.807) is 24.3 Å². The molecule has 4 heteroatoms. The molecule has 0 radical (unpaired) electrons. The number of benzene rings is 1. The molecule has 14 heavy (non-hydrogen) atoms. The number of hydrogen-bond acceptors (Lipinski definition) is 4. The van der Waals surface area contributed by atoms with E-state index in [0.29, 0.717) is 17.1 Å². The topological polar surface area (TPSA) is 75.8 Å². The Bertz CT molecular complexity index is 496. The van der Waals surface area contributed by atoms with Gasteiger partial charge in [-0.15, -0.1) is 0 Å². The van der Waals surface area contributed by atoms with Crippen molar-refractivity contribution in [2.24, 2.45) is 0 Å². The first-order chi connectivity index (χ1) is 6.79. The van der Waals surface area contributed by atoms with Gasteiger partial charge < -0.3 is 10.3 Å². The van der Waals surface area contributed by atoms with Gasteiger partial charge in [0, 0.05) is 11.6 Å². The number of nitriles is 1. The van der Waals surface area contributed by atoms with E-state index in [4.69, 9.17) is 15.5 Å². The summed E-state index contributed by atoms with van der Waals surface area (Å²) in [6, 6.07) is 10.7. The Hall–Kier alpha value is -2.28. The Labute approximate surface area is 80.6 Å². The molecule has 68 valence electrons. The third-order valence-corrected chi connectivity index (χ3v) is 1.80. The van der Waals surface area contributed by atoms with Gasteiger partial charge in [-0.3, -0.25) is 0 Å². The largest absolute Gasteiger partial charge is 0.381 e. The fourth-order valence-corrected chi connectivity index (χ4v) is 1.17. The number of rotatable bonds is 1. The van der Waals surface area contributed by atoms with Gasteiger partial charge in [0.15, 0.2) is 11.6 Å². The second-order valence-corrected chi connectivity index (χ2v) is 2.81. The predicted octanol–water partition coefficient (Wildman–Crippen LogP) is 1.80. The summed E-state index contributed by atoms with van der Waals surface area (Å²) < 4.78 is 4.97. The Balaban J connectivity index is 2.47. The quantitative estimate of drug-likeness (QED) is 0.734. The molecule has 0 unspecified atom stereocenters. The maximum absolute atomic E-state index is 8.69. The van der Waals surface area contributed by atoms with Crippen LogP contribution in [0.3, 0.4) is 0 Å². The summed E-state index contributed by atoms with van der Waals surface area (Å²) in [7, 11) is 0. The van der Waals surface area contributed by atoms with E-state index in [-0.39, 0.29) is 0 Å². The van der Waals surface area contributed by atoms with Gasteiger partial charge in [-0.05, 0) is 12.1 Å². The van der Waals surface area contributed by atoms with Crippen molar-refractivity contribution in [1.82, 2.24) is 5.16 Å². The first-order valence-corrected chi connectivity index (χ1v) is 4.02. The minimum atomic E-state index is 0.336. The minimum Gasteiger partial charge on any atom is -0.381 e. The van der Waals surface area contributed by atoms with Gasteiger partial charge in [-0.1, -0.05) is 17.3 Å². The standard InChI is InChI=1S/C10H7N3O/c11-6-7-2-1-3-8(4-7)9-5-10(12)13-14-9/h1-5H,(H2,12,13). The lowest BCUT2D eigenvalue weighted by Gasteiger charge is -1.94. The molecule has 0 amide bonds. The monoisotopic (exact) mass is 185 g/mol. The molecular formula is C10H7N3O. The molecule has 4 nitrogen and oxygen atoms in total. The van der Waals surface area contributed by atoms with Gasteiger partial charge in [-0.2, -0.15) is 5.26 Å². The molecule has 0 spiro atoms. The van der Waals surface area contributed by atoms with E-state index >= 15 is 0 Å². The molecule has 0 bridgehead atoms. The molecule has 2 aromatic rings. The molecule has 0 atom stereocenters. The Morgan fingerprint density at radius 2 is 2.21 bits per heavy atom. The normalized spacial score (nSPS) is 9.64. The number of nitrogens with zero attached hydrogens (tertiary/aromatic N) is 2. The van der Waals surface area contributed by atoms with Crippen molar-refractivity contribution in [3.63, 3.8) is 0 Å². The van der Waals surface area contributed by atoms with Crippen molar-refractivity contribution in [2.75, 3.05) is 5.73 Å². The Morgan fingerprint density at radius 1 is 1.36 bits per heavy atom. The summed E-state index contributed by atoms with van der Waals surface area (Å²) in [5.41, 5.74) is 6.80. The molecule has 2 N–H and O–H groups in total. The molecular weight excluding hydrogens is 178 g/mol. The van der Waals surface area contributed by atoms with Crippen molar-refractivity contribution in [3.05, 3.63) is 35.9 Å². The number of aromatic nitrogens is 1. The van der Waals surface area contributed by atoms with Crippen molar-refractivity contribution in [1.29, 1.82) is 5.26 Å². The van der Waals surface area contributed by atoms with Crippen molar-refractivity contribution in [3.8, 4) is 17.4 Å². The smallest absolute Gasteiger partial charge is 0.169 e. The number of anilines is 1. The first-order valence-electron chi connectivity index (χ1n) is 4.02. The van der Waals surface area contributed by atoms with Crippen LogP contribution >= 0.6 is 0 Å². The van der Waals surface area contributed by atoms with Crippen LogP contribution in [0.2, 0.25) is 0 Å². The predicted molar refractivity (Wildman–Crippen MR) is 51.1 cm³/mol. The van der Waals surface area contributed by atoms with Crippen LogP contribution in [0.5, 0.6) is 0 Å². The van der Waals surface area contributed by atoms with E-state index in [1.165, 1.54) is 0 Å². The highest BCUT2D eigenvalue weighted by Gasteiger charge is 2.04. The van der Waals surface area contributed by atoms with Gasteiger partial charge >= 0.3 is 0 Å². The third kappa shape index (κ3) is 1.43. The molecule has 0 aliphatic rings. The molecule has 1 aromatic carbocycles. The van der Waals surface area contributed by atoms with Gasteiger partial charge in [0.05, 0.1) is 11.6 Å². The highest BCUT2D eigenvalue weighted by atomic mass is 16.5. The lowest BCUT2D eigenvalue weighted by atomic mass is 10.1. The average Bonchev–Trinajstić information content (AvgIpc) is 2.65.